The predicted molar refractivity (Wildman–Crippen MR) is 35.4 cm³/mol. The van der Waals surface area contributed by atoms with Crippen LogP contribution in [0.2, 0.25) is 0 Å². The van der Waals surface area contributed by atoms with Crippen molar-refractivity contribution in [3.05, 3.63) is 0 Å². The van der Waals surface area contributed by atoms with Crippen LogP contribution in [0.5, 0.6) is 0 Å². The van der Waals surface area contributed by atoms with Gasteiger partial charge in [-0.1, -0.05) is 0 Å². The van der Waals surface area contributed by atoms with Crippen molar-refractivity contribution in [1.29, 1.82) is 0 Å². The maximum atomic E-state index is 11.4. The first-order chi connectivity index (χ1) is 5.33. The SMILES string of the molecule is O=C(O)CS(=O)(=O)NCC(F)F. The van der Waals surface area contributed by atoms with Crippen LogP contribution in [0.1, 0.15) is 0 Å². The minimum absolute atomic E-state index is 1.06. The lowest BCUT2D eigenvalue weighted by atomic mass is 10.7. The van der Waals surface area contributed by atoms with Crippen LogP contribution in [0.4, 0.5) is 8.78 Å². The van der Waals surface area contributed by atoms with Gasteiger partial charge in [-0.05, 0) is 0 Å². The molecule has 0 atom stereocenters. The molecule has 0 aliphatic carbocycles. The zero-order valence-corrected chi connectivity index (χ0v) is 6.64. The maximum Gasteiger partial charge on any atom is 0.320 e. The minimum Gasteiger partial charge on any atom is -0.480 e. The Morgan fingerprint density at radius 2 is 2.00 bits per heavy atom. The van der Waals surface area contributed by atoms with Gasteiger partial charge in [0.2, 0.25) is 10.0 Å². The Kier molecular flexibility index (Phi) is 4.04. The van der Waals surface area contributed by atoms with E-state index in [0.29, 0.717) is 0 Å². The van der Waals surface area contributed by atoms with E-state index in [1.165, 1.54) is 4.72 Å². The van der Waals surface area contributed by atoms with Gasteiger partial charge in [0, 0.05) is 0 Å². The third kappa shape index (κ3) is 5.98. The summed E-state index contributed by atoms with van der Waals surface area (Å²) < 4.78 is 45.3. The zero-order valence-electron chi connectivity index (χ0n) is 5.83. The molecule has 0 unspecified atom stereocenters. The van der Waals surface area contributed by atoms with Gasteiger partial charge >= 0.3 is 5.97 Å². The normalized spacial score (nSPS) is 11.9. The lowest BCUT2D eigenvalue weighted by molar-refractivity contribution is -0.134. The molecular formula is C4H7F2NO4S. The number of carbonyl (C=O) groups is 1. The Morgan fingerprint density at radius 3 is 2.33 bits per heavy atom. The van der Waals surface area contributed by atoms with E-state index in [4.69, 9.17) is 5.11 Å². The van der Waals surface area contributed by atoms with E-state index < -0.39 is 34.7 Å². The molecule has 0 rings (SSSR count). The van der Waals surface area contributed by atoms with Crippen LogP contribution in [0.3, 0.4) is 0 Å². The summed E-state index contributed by atoms with van der Waals surface area (Å²) in [7, 11) is -4.11. The van der Waals surface area contributed by atoms with Gasteiger partial charge in [0.05, 0.1) is 6.54 Å². The molecule has 0 aliphatic rings. The van der Waals surface area contributed by atoms with Gasteiger partial charge < -0.3 is 5.11 Å². The summed E-state index contributed by atoms with van der Waals surface area (Å²) in [6.45, 7) is -1.06. The van der Waals surface area contributed by atoms with Crippen molar-refractivity contribution in [3.8, 4) is 0 Å². The van der Waals surface area contributed by atoms with E-state index >= 15 is 0 Å². The molecule has 0 spiro atoms. The predicted octanol–water partition coefficient (Wildman–Crippen LogP) is -0.744. The van der Waals surface area contributed by atoms with Crippen molar-refractivity contribution < 1.29 is 27.1 Å². The average Bonchev–Trinajstić information content (AvgIpc) is 1.81. The Morgan fingerprint density at radius 1 is 1.50 bits per heavy atom. The third-order valence-electron chi connectivity index (χ3n) is 0.771. The largest absolute Gasteiger partial charge is 0.480 e. The summed E-state index contributed by atoms with van der Waals surface area (Å²) in [4.78, 5) is 9.85. The van der Waals surface area contributed by atoms with Crippen LogP contribution in [0.25, 0.3) is 0 Å². The molecule has 12 heavy (non-hydrogen) atoms. The van der Waals surface area contributed by atoms with Gasteiger partial charge in [-0.2, -0.15) is 0 Å². The third-order valence-corrected chi connectivity index (χ3v) is 2.00. The van der Waals surface area contributed by atoms with Crippen LogP contribution in [-0.4, -0.2) is 38.2 Å². The van der Waals surface area contributed by atoms with Crippen molar-refractivity contribution in [3.63, 3.8) is 0 Å². The van der Waals surface area contributed by atoms with E-state index in [1.54, 1.807) is 0 Å². The number of hydrogen-bond acceptors (Lipinski definition) is 3. The second-order valence-corrected chi connectivity index (χ2v) is 3.70. The Labute approximate surface area is 67.4 Å². The topological polar surface area (TPSA) is 83.5 Å². The monoisotopic (exact) mass is 203 g/mol. The Bertz CT molecular complexity index is 250. The molecule has 0 heterocycles. The molecule has 2 N–H and O–H groups in total. The van der Waals surface area contributed by atoms with Crippen LogP contribution < -0.4 is 4.72 Å². The van der Waals surface area contributed by atoms with Gasteiger partial charge in [-0.25, -0.2) is 21.9 Å². The fourth-order valence-corrected chi connectivity index (χ4v) is 1.21. The second kappa shape index (κ2) is 4.31. The van der Waals surface area contributed by atoms with Gasteiger partial charge in [0.25, 0.3) is 6.43 Å². The van der Waals surface area contributed by atoms with Gasteiger partial charge in [-0.15, -0.1) is 0 Å². The lowest BCUT2D eigenvalue weighted by Gasteiger charge is -2.02. The number of halogens is 2. The van der Waals surface area contributed by atoms with Gasteiger partial charge in [0.1, 0.15) is 0 Å². The molecule has 0 bridgehead atoms. The second-order valence-electron chi connectivity index (χ2n) is 1.89. The van der Waals surface area contributed by atoms with Crippen molar-refractivity contribution in [1.82, 2.24) is 4.72 Å². The molecule has 8 heteroatoms. The van der Waals surface area contributed by atoms with E-state index in [-0.39, 0.29) is 0 Å². The highest BCUT2D eigenvalue weighted by Gasteiger charge is 2.16. The summed E-state index contributed by atoms with van der Waals surface area (Å²) in [5, 5.41) is 8.01. The number of nitrogens with one attached hydrogen (secondary N) is 1. The molecule has 0 aromatic heterocycles. The van der Waals surface area contributed by atoms with Crippen molar-refractivity contribution in [2.45, 2.75) is 6.43 Å². The maximum absolute atomic E-state index is 11.4. The number of rotatable bonds is 5. The first-order valence-corrected chi connectivity index (χ1v) is 4.46. The van der Waals surface area contributed by atoms with Crippen molar-refractivity contribution in [2.24, 2.45) is 0 Å². The summed E-state index contributed by atoms with van der Waals surface area (Å²) in [6, 6.07) is 0. The van der Waals surface area contributed by atoms with Crippen LogP contribution >= 0.6 is 0 Å². The quantitative estimate of drug-likeness (QED) is 0.616. The minimum atomic E-state index is -4.11. The highest BCUT2D eigenvalue weighted by molar-refractivity contribution is 7.90. The van der Waals surface area contributed by atoms with Crippen molar-refractivity contribution >= 4 is 16.0 Å². The Balaban J connectivity index is 3.98. The molecule has 0 aromatic carbocycles. The van der Waals surface area contributed by atoms with Crippen LogP contribution in [0, 0.1) is 0 Å². The smallest absolute Gasteiger partial charge is 0.320 e. The van der Waals surface area contributed by atoms with Gasteiger partial charge in [0.15, 0.2) is 5.75 Å². The lowest BCUT2D eigenvalue weighted by Crippen LogP contribution is -2.33. The van der Waals surface area contributed by atoms with E-state index in [9.17, 15) is 22.0 Å². The Hall–Kier alpha value is -0.760. The molecule has 0 radical (unpaired) electrons. The van der Waals surface area contributed by atoms with Gasteiger partial charge in [-0.3, -0.25) is 4.79 Å². The fourth-order valence-electron chi connectivity index (χ4n) is 0.404. The number of carboxylic acid groups (broad SMARTS) is 1. The highest BCUT2D eigenvalue weighted by atomic mass is 32.2. The fraction of sp³-hybridized carbons (Fsp3) is 0.750. The van der Waals surface area contributed by atoms with Crippen LogP contribution in [-0.2, 0) is 14.8 Å². The molecule has 5 nitrogen and oxygen atoms in total. The number of hydrogen-bond donors (Lipinski definition) is 2. The molecular weight excluding hydrogens is 196 g/mol. The molecule has 0 saturated carbocycles. The highest BCUT2D eigenvalue weighted by Crippen LogP contribution is 1.91. The zero-order chi connectivity index (χ0) is 9.78. The number of sulfonamides is 1. The number of aliphatic carboxylic acids is 1. The first kappa shape index (κ1) is 11.2. The van der Waals surface area contributed by atoms with E-state index in [2.05, 4.69) is 0 Å². The van der Waals surface area contributed by atoms with Crippen LogP contribution in [0.15, 0.2) is 0 Å². The average molecular weight is 203 g/mol. The summed E-state index contributed by atoms with van der Waals surface area (Å²) in [5.74, 6) is -2.78. The molecule has 0 aliphatic heterocycles. The first-order valence-electron chi connectivity index (χ1n) is 2.81. The number of alkyl halides is 2. The molecule has 0 fully saturated rings. The molecule has 72 valence electrons. The van der Waals surface area contributed by atoms with E-state index in [0.717, 1.165) is 0 Å². The molecule has 0 amide bonds. The standard InChI is InChI=1S/C4H7F2NO4S/c5-3(6)1-7-12(10,11)2-4(8)9/h3,7H,1-2H2,(H,8,9). The number of carboxylic acids is 1. The summed E-state index contributed by atoms with van der Waals surface area (Å²) >= 11 is 0. The molecule has 0 aromatic rings. The van der Waals surface area contributed by atoms with Crippen molar-refractivity contribution in [2.75, 3.05) is 12.3 Å². The summed E-state index contributed by atoms with van der Waals surface area (Å²) in [5.41, 5.74) is 0. The summed E-state index contributed by atoms with van der Waals surface area (Å²) in [6.07, 6.45) is -2.83. The van der Waals surface area contributed by atoms with E-state index in [1.807, 2.05) is 0 Å². The molecule has 0 saturated heterocycles.